The van der Waals surface area contributed by atoms with Crippen LogP contribution in [0.25, 0.3) is 11.1 Å². The molecule has 0 bridgehead atoms. The molecule has 0 aromatic heterocycles. The van der Waals surface area contributed by atoms with Gasteiger partial charge in [-0.2, -0.15) is 0 Å². The zero-order valence-corrected chi connectivity index (χ0v) is 14.7. The topological polar surface area (TPSA) is 47.6 Å². The summed E-state index contributed by atoms with van der Waals surface area (Å²) in [6.45, 7) is 5.29. The van der Waals surface area contributed by atoms with Gasteiger partial charge in [0, 0.05) is 11.8 Å². The van der Waals surface area contributed by atoms with E-state index in [1.807, 2.05) is 30.3 Å². The lowest BCUT2D eigenvalue weighted by atomic mass is 9.98. The Kier molecular flexibility index (Phi) is 4.76. The molecule has 0 radical (unpaired) electrons. The first-order chi connectivity index (χ1) is 12.8. The van der Waals surface area contributed by atoms with Crippen LogP contribution in [0.3, 0.4) is 0 Å². The molecule has 2 aromatic carbocycles. The Hall–Kier alpha value is -2.59. The normalized spacial score (nSPS) is 21.1. The van der Waals surface area contributed by atoms with Gasteiger partial charge in [0.15, 0.2) is 0 Å². The van der Waals surface area contributed by atoms with Gasteiger partial charge < -0.3 is 14.8 Å². The summed E-state index contributed by atoms with van der Waals surface area (Å²) in [5.74, 6) is 0.352. The Balaban J connectivity index is 1.43. The summed E-state index contributed by atoms with van der Waals surface area (Å²) in [7, 11) is 0. The van der Waals surface area contributed by atoms with E-state index in [4.69, 9.17) is 9.47 Å². The van der Waals surface area contributed by atoms with Crippen molar-refractivity contribution in [2.45, 2.75) is 18.4 Å². The van der Waals surface area contributed by atoms with Crippen molar-refractivity contribution in [3.05, 3.63) is 72.3 Å². The number of fused-ring (bicyclic) bond motifs is 3. The first-order valence-electron chi connectivity index (χ1n) is 9.08. The van der Waals surface area contributed by atoms with Crippen molar-refractivity contribution in [2.75, 3.05) is 19.8 Å². The molecule has 1 fully saturated rings. The molecule has 1 aliphatic heterocycles. The van der Waals surface area contributed by atoms with Crippen LogP contribution in [0.5, 0.6) is 0 Å². The molecule has 134 valence electrons. The second kappa shape index (κ2) is 7.34. The lowest BCUT2D eigenvalue weighted by Crippen LogP contribution is -2.40. The summed E-state index contributed by atoms with van der Waals surface area (Å²) in [6.07, 6.45) is 2.32. The number of allylic oxidation sites excluding steroid dienone is 1. The van der Waals surface area contributed by atoms with Gasteiger partial charge in [0.25, 0.3) is 0 Å². The summed E-state index contributed by atoms with van der Waals surface area (Å²) < 4.78 is 11.1. The summed E-state index contributed by atoms with van der Waals surface area (Å²) in [5.41, 5.74) is 4.89. The summed E-state index contributed by atoms with van der Waals surface area (Å²) >= 11 is 0. The molecule has 2 atom stereocenters. The van der Waals surface area contributed by atoms with Gasteiger partial charge in [-0.05, 0) is 28.7 Å². The van der Waals surface area contributed by atoms with Crippen LogP contribution in [0.15, 0.2) is 61.2 Å². The Labute approximate surface area is 153 Å². The van der Waals surface area contributed by atoms with E-state index in [1.165, 1.54) is 22.3 Å². The van der Waals surface area contributed by atoms with Gasteiger partial charge in [-0.15, -0.1) is 6.58 Å². The lowest BCUT2D eigenvalue weighted by Gasteiger charge is -2.19. The third-order valence-corrected chi connectivity index (χ3v) is 5.31. The summed E-state index contributed by atoms with van der Waals surface area (Å²) in [6, 6.07) is 16.6. The van der Waals surface area contributed by atoms with Crippen LogP contribution in [-0.4, -0.2) is 32.0 Å². The molecular formula is C22H23NO3. The molecule has 1 aliphatic carbocycles. The highest BCUT2D eigenvalue weighted by Crippen LogP contribution is 2.44. The molecule has 2 aliphatic rings. The van der Waals surface area contributed by atoms with E-state index < -0.39 is 0 Å². The first-order valence-corrected chi connectivity index (χ1v) is 9.08. The van der Waals surface area contributed by atoms with Crippen LogP contribution >= 0.6 is 0 Å². The van der Waals surface area contributed by atoms with E-state index in [1.54, 1.807) is 0 Å². The van der Waals surface area contributed by atoms with Gasteiger partial charge in [-0.25, -0.2) is 4.79 Å². The zero-order chi connectivity index (χ0) is 17.9. The smallest absolute Gasteiger partial charge is 0.407 e. The second-order valence-corrected chi connectivity index (χ2v) is 6.90. The zero-order valence-electron chi connectivity index (χ0n) is 14.7. The van der Waals surface area contributed by atoms with Crippen LogP contribution < -0.4 is 5.32 Å². The molecule has 0 spiro atoms. The van der Waals surface area contributed by atoms with Gasteiger partial charge in [0.2, 0.25) is 0 Å². The number of ether oxygens (including phenoxy) is 2. The standard InChI is InChI=1S/C22H23NO3/c1-2-7-15-12-25-14-21(15)23-22(24)26-13-20-18-10-5-3-8-16(18)17-9-4-6-11-19(17)20/h2-6,8-11,15,20-21H,1,7,12-14H2,(H,23,24)/t15-,21+/m1/s1. The van der Waals surface area contributed by atoms with Crippen molar-refractivity contribution >= 4 is 6.09 Å². The first kappa shape index (κ1) is 16.9. The average Bonchev–Trinajstić information content (AvgIpc) is 3.23. The van der Waals surface area contributed by atoms with E-state index >= 15 is 0 Å². The maximum Gasteiger partial charge on any atom is 0.407 e. The third-order valence-electron chi connectivity index (χ3n) is 5.31. The monoisotopic (exact) mass is 349 g/mol. The minimum Gasteiger partial charge on any atom is -0.449 e. The van der Waals surface area contributed by atoms with E-state index in [2.05, 4.69) is 36.2 Å². The molecule has 4 heteroatoms. The minimum absolute atomic E-state index is 0.0105. The Bertz CT molecular complexity index is 771. The van der Waals surface area contributed by atoms with E-state index in [0.717, 1.165) is 6.42 Å². The fourth-order valence-electron chi connectivity index (χ4n) is 4.00. The number of rotatable bonds is 5. The van der Waals surface area contributed by atoms with Gasteiger partial charge >= 0.3 is 6.09 Å². The van der Waals surface area contributed by atoms with Gasteiger partial charge in [-0.1, -0.05) is 54.6 Å². The number of hydrogen-bond acceptors (Lipinski definition) is 3. The number of hydrogen-bond donors (Lipinski definition) is 1. The van der Waals surface area contributed by atoms with Crippen LogP contribution in [-0.2, 0) is 9.47 Å². The van der Waals surface area contributed by atoms with Crippen molar-refractivity contribution in [2.24, 2.45) is 5.92 Å². The fourth-order valence-corrected chi connectivity index (χ4v) is 4.00. The van der Waals surface area contributed by atoms with E-state index in [0.29, 0.717) is 19.8 Å². The highest BCUT2D eigenvalue weighted by molar-refractivity contribution is 5.79. The van der Waals surface area contributed by atoms with Crippen LogP contribution in [0, 0.1) is 5.92 Å². The third kappa shape index (κ3) is 3.13. The van der Waals surface area contributed by atoms with Crippen LogP contribution in [0.2, 0.25) is 0 Å². The van der Waals surface area contributed by atoms with E-state index in [9.17, 15) is 4.79 Å². The maximum absolute atomic E-state index is 12.3. The van der Waals surface area contributed by atoms with Crippen molar-refractivity contribution in [1.82, 2.24) is 5.32 Å². The van der Waals surface area contributed by atoms with Crippen molar-refractivity contribution in [3.8, 4) is 11.1 Å². The predicted octanol–water partition coefficient (Wildman–Crippen LogP) is 4.12. The summed E-state index contributed by atoms with van der Waals surface area (Å²) in [5, 5.41) is 2.95. The summed E-state index contributed by atoms with van der Waals surface area (Å²) in [4.78, 5) is 12.3. The molecule has 1 saturated heterocycles. The highest BCUT2D eigenvalue weighted by Gasteiger charge is 2.31. The molecule has 1 amide bonds. The molecule has 26 heavy (non-hydrogen) atoms. The Morgan fingerprint density at radius 2 is 1.77 bits per heavy atom. The van der Waals surface area contributed by atoms with Crippen molar-refractivity contribution in [1.29, 1.82) is 0 Å². The Morgan fingerprint density at radius 3 is 2.42 bits per heavy atom. The lowest BCUT2D eigenvalue weighted by molar-refractivity contribution is 0.135. The minimum atomic E-state index is -0.378. The molecular weight excluding hydrogens is 326 g/mol. The number of benzene rings is 2. The van der Waals surface area contributed by atoms with Gasteiger partial charge in [0.05, 0.1) is 19.3 Å². The highest BCUT2D eigenvalue weighted by atomic mass is 16.5. The average molecular weight is 349 g/mol. The fraction of sp³-hybridized carbons (Fsp3) is 0.318. The van der Waals surface area contributed by atoms with Crippen LogP contribution in [0.4, 0.5) is 4.79 Å². The maximum atomic E-state index is 12.3. The van der Waals surface area contributed by atoms with E-state index in [-0.39, 0.29) is 24.0 Å². The number of carbonyl (C=O) groups is 1. The van der Waals surface area contributed by atoms with Gasteiger partial charge in [-0.3, -0.25) is 0 Å². The number of carbonyl (C=O) groups excluding carboxylic acids is 1. The van der Waals surface area contributed by atoms with Crippen LogP contribution in [0.1, 0.15) is 23.5 Å². The van der Waals surface area contributed by atoms with Crippen molar-refractivity contribution in [3.63, 3.8) is 0 Å². The second-order valence-electron chi connectivity index (χ2n) is 6.90. The molecule has 0 unspecified atom stereocenters. The Morgan fingerprint density at radius 1 is 1.12 bits per heavy atom. The molecule has 1 heterocycles. The molecule has 1 N–H and O–H groups in total. The van der Waals surface area contributed by atoms with Gasteiger partial charge in [0.1, 0.15) is 6.61 Å². The molecule has 4 rings (SSSR count). The predicted molar refractivity (Wildman–Crippen MR) is 101 cm³/mol. The molecule has 0 saturated carbocycles. The SMILES string of the molecule is C=CC[C@@H]1COC[C@@H]1NC(=O)OCC1c2ccccc2-c2ccccc21. The number of amides is 1. The quantitative estimate of drug-likeness (QED) is 0.826. The largest absolute Gasteiger partial charge is 0.449 e. The molecule has 4 nitrogen and oxygen atoms in total. The number of nitrogens with one attached hydrogen (secondary N) is 1. The van der Waals surface area contributed by atoms with Crippen molar-refractivity contribution < 1.29 is 14.3 Å². The molecule has 2 aromatic rings. The number of alkyl carbamates (subject to hydrolysis) is 1.